The van der Waals surface area contributed by atoms with Gasteiger partial charge < -0.3 is 14.8 Å². The molecule has 0 fully saturated rings. The zero-order valence-electron chi connectivity index (χ0n) is 13.7. The molecule has 0 aliphatic heterocycles. The number of methoxy groups -OCH3 is 1. The lowest BCUT2D eigenvalue weighted by molar-refractivity contribution is -0.274. The topological polar surface area (TPSA) is 74.5 Å². The molecule has 1 aromatic heterocycles. The molecule has 0 amide bonds. The third-order valence-corrected chi connectivity index (χ3v) is 3.51. The van der Waals surface area contributed by atoms with Gasteiger partial charge in [0, 0.05) is 25.9 Å². The van der Waals surface area contributed by atoms with E-state index < -0.39 is 23.4 Å². The quantitative estimate of drug-likeness (QED) is 0.878. The molecule has 1 N–H and O–H groups in total. The van der Waals surface area contributed by atoms with Crippen LogP contribution in [-0.4, -0.2) is 22.6 Å². The van der Waals surface area contributed by atoms with E-state index >= 15 is 0 Å². The van der Waals surface area contributed by atoms with Crippen LogP contribution < -0.4 is 26.0 Å². The molecule has 136 valence electrons. The Kier molecular flexibility index (Phi) is 5.10. The maximum absolute atomic E-state index is 12.6. The van der Waals surface area contributed by atoms with Crippen molar-refractivity contribution in [3.05, 3.63) is 50.8 Å². The number of halogens is 3. The molecule has 0 aliphatic carbocycles. The van der Waals surface area contributed by atoms with Gasteiger partial charge in [-0.15, -0.1) is 13.2 Å². The van der Waals surface area contributed by atoms with Gasteiger partial charge >= 0.3 is 12.1 Å². The molecule has 1 heterocycles. The monoisotopic (exact) mass is 359 g/mol. The lowest BCUT2D eigenvalue weighted by Crippen LogP contribution is -2.38. The van der Waals surface area contributed by atoms with E-state index in [0.29, 0.717) is 0 Å². The number of benzene rings is 1. The van der Waals surface area contributed by atoms with Crippen molar-refractivity contribution in [1.82, 2.24) is 9.13 Å². The van der Waals surface area contributed by atoms with Crippen LogP contribution in [0, 0.1) is 0 Å². The van der Waals surface area contributed by atoms with Crippen molar-refractivity contribution < 1.29 is 22.6 Å². The molecule has 2 rings (SSSR count). The van der Waals surface area contributed by atoms with Crippen molar-refractivity contribution in [2.24, 2.45) is 14.1 Å². The Balaban J connectivity index is 2.38. The van der Waals surface area contributed by atoms with Gasteiger partial charge in [-0.05, 0) is 12.1 Å². The molecule has 0 saturated heterocycles. The van der Waals surface area contributed by atoms with E-state index in [0.717, 1.165) is 10.6 Å². The fourth-order valence-corrected chi connectivity index (χ4v) is 2.19. The third kappa shape index (κ3) is 4.14. The van der Waals surface area contributed by atoms with Crippen molar-refractivity contribution in [2.45, 2.75) is 12.9 Å². The summed E-state index contributed by atoms with van der Waals surface area (Å²) < 4.78 is 48.8. The summed E-state index contributed by atoms with van der Waals surface area (Å²) in [6, 6.07) is 5.14. The standard InChI is InChI=1S/C15H16F3N3O4/c1-20-9(7-12(22)21(2)14(20)23)8-19-13-10(24-3)5-4-6-11(13)25-15(16,17)18/h4-7,19H,8H2,1-3H3. The van der Waals surface area contributed by atoms with Gasteiger partial charge in [0.1, 0.15) is 11.4 Å². The van der Waals surface area contributed by atoms with Gasteiger partial charge in [0.25, 0.3) is 5.56 Å². The SMILES string of the molecule is COc1cccc(OC(F)(F)F)c1NCc1cc(=O)n(C)c(=O)n1C. The van der Waals surface area contributed by atoms with E-state index in [1.54, 1.807) is 0 Å². The summed E-state index contributed by atoms with van der Waals surface area (Å²) in [5, 5.41) is 2.73. The van der Waals surface area contributed by atoms with E-state index in [1.807, 2.05) is 0 Å². The third-order valence-electron chi connectivity index (χ3n) is 3.51. The summed E-state index contributed by atoms with van der Waals surface area (Å²) in [4.78, 5) is 23.6. The summed E-state index contributed by atoms with van der Waals surface area (Å²) in [5.74, 6) is -0.365. The van der Waals surface area contributed by atoms with Crippen LogP contribution in [0.4, 0.5) is 18.9 Å². The first kappa shape index (κ1) is 18.4. The number of ether oxygens (including phenoxy) is 2. The van der Waals surface area contributed by atoms with E-state index in [2.05, 4.69) is 10.1 Å². The van der Waals surface area contributed by atoms with Gasteiger partial charge in [-0.1, -0.05) is 6.07 Å². The number of aromatic nitrogens is 2. The Bertz CT molecular complexity index is 887. The highest BCUT2D eigenvalue weighted by Crippen LogP contribution is 2.37. The Morgan fingerprint density at radius 2 is 1.76 bits per heavy atom. The minimum absolute atomic E-state index is 0.0459. The zero-order valence-corrected chi connectivity index (χ0v) is 13.7. The maximum Gasteiger partial charge on any atom is 0.573 e. The highest BCUT2D eigenvalue weighted by Gasteiger charge is 2.32. The molecule has 0 unspecified atom stereocenters. The van der Waals surface area contributed by atoms with Crippen LogP contribution in [0.25, 0.3) is 0 Å². The van der Waals surface area contributed by atoms with Crippen LogP contribution in [-0.2, 0) is 20.6 Å². The first-order chi connectivity index (χ1) is 11.6. The molecular weight excluding hydrogens is 343 g/mol. The van der Waals surface area contributed by atoms with Crippen molar-refractivity contribution >= 4 is 5.69 Å². The van der Waals surface area contributed by atoms with Crippen LogP contribution >= 0.6 is 0 Å². The van der Waals surface area contributed by atoms with Gasteiger partial charge in [0.15, 0.2) is 5.75 Å². The van der Waals surface area contributed by atoms with Gasteiger partial charge in [0.2, 0.25) is 0 Å². The summed E-state index contributed by atoms with van der Waals surface area (Å²) in [6.45, 7) is -0.0869. The fourth-order valence-electron chi connectivity index (χ4n) is 2.19. The second-order valence-corrected chi connectivity index (χ2v) is 5.11. The van der Waals surface area contributed by atoms with Crippen LogP contribution in [0.2, 0.25) is 0 Å². The Labute approximate surface area is 140 Å². The van der Waals surface area contributed by atoms with Gasteiger partial charge in [-0.2, -0.15) is 0 Å². The zero-order chi connectivity index (χ0) is 18.8. The maximum atomic E-state index is 12.6. The highest BCUT2D eigenvalue weighted by molar-refractivity contribution is 5.66. The fraction of sp³-hybridized carbons (Fsp3) is 0.333. The Morgan fingerprint density at radius 1 is 1.12 bits per heavy atom. The average Bonchev–Trinajstić information content (AvgIpc) is 2.54. The second kappa shape index (κ2) is 6.91. The number of hydrogen-bond donors (Lipinski definition) is 1. The molecule has 0 saturated carbocycles. The largest absolute Gasteiger partial charge is 0.573 e. The predicted octanol–water partition coefficient (Wildman–Crippen LogP) is 1.60. The summed E-state index contributed by atoms with van der Waals surface area (Å²) in [5.41, 5.74) is -0.824. The first-order valence-electron chi connectivity index (χ1n) is 7.06. The van der Waals surface area contributed by atoms with Crippen molar-refractivity contribution in [3.8, 4) is 11.5 Å². The van der Waals surface area contributed by atoms with E-state index in [4.69, 9.17) is 4.74 Å². The van der Waals surface area contributed by atoms with Crippen LogP contribution in [0.1, 0.15) is 5.69 Å². The second-order valence-electron chi connectivity index (χ2n) is 5.11. The first-order valence-corrected chi connectivity index (χ1v) is 7.06. The lowest BCUT2D eigenvalue weighted by Gasteiger charge is -2.18. The summed E-state index contributed by atoms with van der Waals surface area (Å²) in [6.07, 6.45) is -4.88. The normalized spacial score (nSPS) is 11.3. The Morgan fingerprint density at radius 3 is 2.36 bits per heavy atom. The van der Waals surface area contributed by atoms with Crippen LogP contribution in [0.3, 0.4) is 0 Å². The molecule has 2 aromatic rings. The molecule has 0 spiro atoms. The minimum atomic E-state index is -4.88. The molecule has 7 nitrogen and oxygen atoms in total. The number of rotatable bonds is 5. The van der Waals surface area contributed by atoms with Gasteiger partial charge in [0.05, 0.1) is 13.7 Å². The van der Waals surface area contributed by atoms with Crippen LogP contribution in [0.5, 0.6) is 11.5 Å². The van der Waals surface area contributed by atoms with Crippen molar-refractivity contribution in [1.29, 1.82) is 0 Å². The number of nitrogens with one attached hydrogen (secondary N) is 1. The molecule has 0 radical (unpaired) electrons. The van der Waals surface area contributed by atoms with E-state index in [1.165, 1.54) is 44.0 Å². The molecular formula is C15H16F3N3O4. The highest BCUT2D eigenvalue weighted by atomic mass is 19.4. The predicted molar refractivity (Wildman–Crippen MR) is 83.9 cm³/mol. The van der Waals surface area contributed by atoms with Crippen LogP contribution in [0.15, 0.2) is 33.9 Å². The molecule has 1 aromatic carbocycles. The smallest absolute Gasteiger partial charge is 0.494 e. The van der Waals surface area contributed by atoms with Crippen molar-refractivity contribution in [2.75, 3.05) is 12.4 Å². The van der Waals surface area contributed by atoms with E-state index in [-0.39, 0.29) is 23.7 Å². The number of anilines is 1. The van der Waals surface area contributed by atoms with Gasteiger partial charge in [-0.25, -0.2) is 4.79 Å². The summed E-state index contributed by atoms with van der Waals surface area (Å²) in [7, 11) is 4.08. The van der Waals surface area contributed by atoms with E-state index in [9.17, 15) is 22.8 Å². The minimum Gasteiger partial charge on any atom is -0.494 e. The summed E-state index contributed by atoms with van der Waals surface area (Å²) >= 11 is 0. The molecule has 0 bridgehead atoms. The molecule has 0 aliphatic rings. The van der Waals surface area contributed by atoms with Gasteiger partial charge in [-0.3, -0.25) is 13.9 Å². The Hall–Kier alpha value is -2.91. The molecule has 10 heteroatoms. The number of nitrogens with zero attached hydrogens (tertiary/aromatic N) is 2. The van der Waals surface area contributed by atoms with Crippen molar-refractivity contribution in [3.63, 3.8) is 0 Å². The number of para-hydroxylation sites is 1. The lowest BCUT2D eigenvalue weighted by atomic mass is 10.2. The average molecular weight is 359 g/mol. The number of hydrogen-bond acceptors (Lipinski definition) is 5. The molecule has 25 heavy (non-hydrogen) atoms. The number of alkyl halides is 3. The molecule has 0 atom stereocenters.